The standard InChI is InChI=1S/C26H34N2O6/c1-3-14-27(17-18-10-6-5-7-11-18)23(31)21-26-13-12-25(4-2,34-26)20(24(32)33)19(26)22(30)28(21)15-8-9-16-29/h3,5-7,10-11,19-21,29H,1,4,8-9,12-17H2,2H3,(H,32,33)/t19-,20+,21?,25-,26?/m0/s1. The number of hydrogen-bond donors (Lipinski definition) is 2. The highest BCUT2D eigenvalue weighted by molar-refractivity contribution is 5.98. The van der Waals surface area contributed by atoms with Gasteiger partial charge in [-0.25, -0.2) is 0 Å². The van der Waals surface area contributed by atoms with Crippen LogP contribution in [0.4, 0.5) is 0 Å². The first-order valence-electron chi connectivity index (χ1n) is 12.1. The van der Waals surface area contributed by atoms with Gasteiger partial charge in [-0.15, -0.1) is 6.58 Å². The summed E-state index contributed by atoms with van der Waals surface area (Å²) < 4.78 is 6.55. The Labute approximate surface area is 200 Å². The molecule has 3 saturated heterocycles. The third-order valence-electron chi connectivity index (χ3n) is 7.87. The van der Waals surface area contributed by atoms with Crippen molar-refractivity contribution >= 4 is 17.8 Å². The molecule has 4 rings (SSSR count). The van der Waals surface area contributed by atoms with Crippen LogP contribution < -0.4 is 0 Å². The SMILES string of the molecule is C=CCN(Cc1ccccc1)C(=O)C1N(CCCCO)C(=O)[C@@H]2[C@H](C(=O)O)[C@]3(CC)CCC12O3. The number of aliphatic hydroxyl groups is 1. The Kier molecular flexibility index (Phi) is 6.82. The van der Waals surface area contributed by atoms with Crippen LogP contribution in [0.25, 0.3) is 0 Å². The van der Waals surface area contributed by atoms with Crippen molar-refractivity contribution in [3.05, 3.63) is 48.6 Å². The summed E-state index contributed by atoms with van der Waals surface area (Å²) in [5, 5.41) is 19.4. The Balaban J connectivity index is 1.74. The van der Waals surface area contributed by atoms with Gasteiger partial charge < -0.3 is 24.7 Å². The first-order chi connectivity index (χ1) is 16.3. The van der Waals surface area contributed by atoms with E-state index in [9.17, 15) is 24.6 Å². The van der Waals surface area contributed by atoms with Crippen LogP contribution >= 0.6 is 0 Å². The molecule has 3 aliphatic heterocycles. The van der Waals surface area contributed by atoms with Gasteiger partial charge in [-0.05, 0) is 37.7 Å². The molecule has 1 aromatic carbocycles. The topological polar surface area (TPSA) is 107 Å². The number of aliphatic carboxylic acids is 1. The van der Waals surface area contributed by atoms with Crippen LogP contribution in [0.15, 0.2) is 43.0 Å². The number of unbranched alkanes of at least 4 members (excludes halogenated alkanes) is 1. The first-order valence-corrected chi connectivity index (χ1v) is 12.1. The van der Waals surface area contributed by atoms with E-state index in [1.165, 1.54) is 4.90 Å². The van der Waals surface area contributed by atoms with Crippen LogP contribution in [0.5, 0.6) is 0 Å². The molecule has 1 aromatic rings. The molecule has 184 valence electrons. The van der Waals surface area contributed by atoms with Gasteiger partial charge in [-0.2, -0.15) is 0 Å². The minimum Gasteiger partial charge on any atom is -0.481 e. The van der Waals surface area contributed by atoms with Crippen molar-refractivity contribution in [2.24, 2.45) is 11.8 Å². The summed E-state index contributed by atoms with van der Waals surface area (Å²) in [6.45, 7) is 6.60. The minimum atomic E-state index is -1.15. The Morgan fingerprint density at radius 3 is 2.62 bits per heavy atom. The summed E-state index contributed by atoms with van der Waals surface area (Å²) in [7, 11) is 0. The maximum atomic E-state index is 14.1. The number of fused-ring (bicyclic) bond motifs is 1. The number of ether oxygens (including phenoxy) is 1. The van der Waals surface area contributed by atoms with Crippen molar-refractivity contribution in [3.63, 3.8) is 0 Å². The molecule has 3 aliphatic rings. The fourth-order valence-electron chi connectivity index (χ4n) is 6.37. The largest absolute Gasteiger partial charge is 0.481 e. The molecule has 1 spiro atoms. The van der Waals surface area contributed by atoms with Crippen LogP contribution in [0.3, 0.4) is 0 Å². The average molecular weight is 471 g/mol. The van der Waals surface area contributed by atoms with Crippen molar-refractivity contribution in [2.75, 3.05) is 19.7 Å². The lowest BCUT2D eigenvalue weighted by molar-refractivity contribution is -0.158. The fourth-order valence-corrected chi connectivity index (χ4v) is 6.37. The molecule has 8 nitrogen and oxygen atoms in total. The Morgan fingerprint density at radius 1 is 1.26 bits per heavy atom. The molecule has 2 unspecified atom stereocenters. The number of carboxylic acids is 1. The quantitative estimate of drug-likeness (QED) is 0.379. The normalized spacial score (nSPS) is 31.5. The van der Waals surface area contributed by atoms with Crippen molar-refractivity contribution in [3.8, 4) is 0 Å². The third-order valence-corrected chi connectivity index (χ3v) is 7.87. The van der Waals surface area contributed by atoms with Gasteiger partial charge in [-0.1, -0.05) is 43.3 Å². The monoisotopic (exact) mass is 470 g/mol. The van der Waals surface area contributed by atoms with Gasteiger partial charge in [0.1, 0.15) is 17.6 Å². The van der Waals surface area contributed by atoms with Crippen LogP contribution in [0.2, 0.25) is 0 Å². The number of carbonyl (C=O) groups is 3. The van der Waals surface area contributed by atoms with Crippen LogP contribution in [0.1, 0.15) is 44.6 Å². The van der Waals surface area contributed by atoms with E-state index in [4.69, 9.17) is 4.74 Å². The fraction of sp³-hybridized carbons (Fsp3) is 0.577. The molecule has 3 fully saturated rings. The molecule has 2 amide bonds. The van der Waals surface area contributed by atoms with Gasteiger partial charge in [-0.3, -0.25) is 14.4 Å². The molecule has 0 radical (unpaired) electrons. The molecular formula is C26H34N2O6. The van der Waals surface area contributed by atoms with E-state index in [-0.39, 0.29) is 25.0 Å². The van der Waals surface area contributed by atoms with E-state index < -0.39 is 35.0 Å². The van der Waals surface area contributed by atoms with Crippen molar-refractivity contribution in [1.29, 1.82) is 0 Å². The summed E-state index contributed by atoms with van der Waals surface area (Å²) in [5.41, 5.74) is -1.12. The zero-order valence-corrected chi connectivity index (χ0v) is 19.7. The van der Waals surface area contributed by atoms with Crippen LogP contribution in [-0.2, 0) is 25.7 Å². The van der Waals surface area contributed by atoms with Crippen LogP contribution in [-0.4, -0.2) is 74.7 Å². The lowest BCUT2D eigenvalue weighted by Gasteiger charge is -2.37. The maximum absolute atomic E-state index is 14.1. The highest BCUT2D eigenvalue weighted by Crippen LogP contribution is 2.64. The number of carbonyl (C=O) groups excluding carboxylic acids is 2. The Bertz CT molecular complexity index is 952. The van der Waals surface area contributed by atoms with Gasteiger partial charge >= 0.3 is 5.97 Å². The molecule has 2 bridgehead atoms. The molecule has 0 aromatic heterocycles. The molecule has 3 heterocycles. The lowest BCUT2D eigenvalue weighted by atomic mass is 9.65. The van der Waals surface area contributed by atoms with E-state index in [1.54, 1.807) is 11.0 Å². The number of carboxylic acid groups (broad SMARTS) is 1. The van der Waals surface area contributed by atoms with Gasteiger partial charge in [0.15, 0.2) is 0 Å². The molecule has 2 N–H and O–H groups in total. The number of nitrogens with zero attached hydrogens (tertiary/aromatic N) is 2. The molecule has 8 heteroatoms. The predicted molar refractivity (Wildman–Crippen MR) is 125 cm³/mol. The third kappa shape index (κ3) is 3.73. The highest BCUT2D eigenvalue weighted by Gasteiger charge is 2.78. The zero-order valence-electron chi connectivity index (χ0n) is 19.7. The Morgan fingerprint density at radius 2 is 2.00 bits per heavy atom. The zero-order chi connectivity index (χ0) is 24.5. The molecule has 34 heavy (non-hydrogen) atoms. The van der Waals surface area contributed by atoms with Gasteiger partial charge in [0.05, 0.1) is 11.5 Å². The number of hydrogen-bond acceptors (Lipinski definition) is 5. The number of likely N-dealkylation sites (tertiary alicyclic amines) is 1. The first kappa shape index (κ1) is 24.4. The second-order valence-corrected chi connectivity index (χ2v) is 9.63. The molecule has 0 aliphatic carbocycles. The summed E-state index contributed by atoms with van der Waals surface area (Å²) in [5.74, 6) is -3.47. The second-order valence-electron chi connectivity index (χ2n) is 9.63. The van der Waals surface area contributed by atoms with E-state index in [0.29, 0.717) is 45.2 Å². The van der Waals surface area contributed by atoms with Crippen molar-refractivity contribution in [2.45, 2.75) is 62.8 Å². The molecule has 0 saturated carbocycles. The number of aliphatic hydroxyl groups excluding tert-OH is 1. The van der Waals surface area contributed by atoms with E-state index >= 15 is 0 Å². The molecule has 5 atom stereocenters. The van der Waals surface area contributed by atoms with E-state index in [0.717, 1.165) is 5.56 Å². The summed E-state index contributed by atoms with van der Waals surface area (Å²) in [4.78, 5) is 43.4. The lowest BCUT2D eigenvalue weighted by Crippen LogP contribution is -2.56. The Hall–Kier alpha value is -2.71. The average Bonchev–Trinajstić information content (AvgIpc) is 3.43. The number of amides is 2. The van der Waals surface area contributed by atoms with E-state index in [2.05, 4.69) is 6.58 Å². The van der Waals surface area contributed by atoms with E-state index in [1.807, 2.05) is 37.3 Å². The minimum absolute atomic E-state index is 0.0149. The molecular weight excluding hydrogens is 436 g/mol. The number of rotatable bonds is 11. The van der Waals surface area contributed by atoms with Gasteiger partial charge in [0, 0.05) is 26.2 Å². The summed E-state index contributed by atoms with van der Waals surface area (Å²) >= 11 is 0. The van der Waals surface area contributed by atoms with Gasteiger partial charge in [0.2, 0.25) is 11.8 Å². The number of benzene rings is 1. The smallest absolute Gasteiger partial charge is 0.310 e. The van der Waals surface area contributed by atoms with Gasteiger partial charge in [0.25, 0.3) is 0 Å². The van der Waals surface area contributed by atoms with Crippen molar-refractivity contribution in [1.82, 2.24) is 9.80 Å². The summed E-state index contributed by atoms with van der Waals surface area (Å²) in [6, 6.07) is 8.70. The highest BCUT2D eigenvalue weighted by atomic mass is 16.5. The van der Waals surface area contributed by atoms with Crippen molar-refractivity contribution < 1.29 is 29.3 Å². The maximum Gasteiger partial charge on any atom is 0.310 e. The predicted octanol–water partition coefficient (Wildman–Crippen LogP) is 2.21. The second kappa shape index (κ2) is 9.50. The summed E-state index contributed by atoms with van der Waals surface area (Å²) in [6.07, 6.45) is 4.13. The van der Waals surface area contributed by atoms with Crippen LogP contribution in [0, 0.1) is 11.8 Å².